The van der Waals surface area contributed by atoms with Gasteiger partial charge in [0.15, 0.2) is 0 Å². The minimum Gasteiger partial charge on any atom is -0.508 e. The Morgan fingerprint density at radius 1 is 1.07 bits per heavy atom. The van der Waals surface area contributed by atoms with Crippen LogP contribution in [-0.4, -0.2) is 43.3 Å². The summed E-state index contributed by atoms with van der Waals surface area (Å²) in [6.07, 6.45) is 0.521. The van der Waals surface area contributed by atoms with Gasteiger partial charge in [0.25, 0.3) is 0 Å². The summed E-state index contributed by atoms with van der Waals surface area (Å²) in [4.78, 5) is 0. The van der Waals surface area contributed by atoms with Crippen molar-refractivity contribution in [2.75, 3.05) is 0 Å². The lowest BCUT2D eigenvalue weighted by atomic mass is 9.55. The third-order valence-corrected chi connectivity index (χ3v) is 8.03. The Bertz CT molecular complexity index is 1020. The molecule has 11 heteroatoms. The van der Waals surface area contributed by atoms with E-state index in [0.717, 1.165) is 30.4 Å². The normalized spacial score (nSPS) is 36.9. The molecule has 0 aromatic heterocycles. The Balaban J connectivity index is 1.70. The monoisotopic (exact) mass is 448 g/mol. The molecular formula is C18H24O9S2. The quantitative estimate of drug-likeness (QED) is 0.590. The first-order valence-electron chi connectivity index (χ1n) is 9.50. The van der Waals surface area contributed by atoms with Crippen LogP contribution in [0.1, 0.15) is 49.7 Å². The topological polar surface area (TPSA) is 147 Å². The second-order valence-corrected chi connectivity index (χ2v) is 10.7. The van der Waals surface area contributed by atoms with Crippen molar-refractivity contribution in [3.8, 4) is 5.75 Å². The molecule has 162 valence electrons. The van der Waals surface area contributed by atoms with Gasteiger partial charge in [-0.05, 0) is 73.1 Å². The largest absolute Gasteiger partial charge is 0.508 e. The van der Waals surface area contributed by atoms with E-state index in [1.165, 1.54) is 0 Å². The van der Waals surface area contributed by atoms with Crippen molar-refractivity contribution in [2.45, 2.75) is 57.2 Å². The molecule has 0 radical (unpaired) electrons. The minimum absolute atomic E-state index is 0.123. The van der Waals surface area contributed by atoms with E-state index in [1.807, 2.05) is 13.0 Å². The van der Waals surface area contributed by atoms with Crippen LogP contribution in [0.4, 0.5) is 0 Å². The SMILES string of the molecule is C[C@]12CC[C@@H]3c4ccc(O)cc4CC[C@H]3[C@@H]1C[C@@H](OS(=O)(=O)O)[C@@H]2OS(=O)(=O)O. The Hall–Kier alpha value is -1.24. The highest BCUT2D eigenvalue weighted by Crippen LogP contribution is 2.62. The van der Waals surface area contributed by atoms with Crippen LogP contribution in [-0.2, 0) is 35.6 Å². The van der Waals surface area contributed by atoms with Crippen molar-refractivity contribution < 1.29 is 39.4 Å². The number of rotatable bonds is 4. The summed E-state index contributed by atoms with van der Waals surface area (Å²) in [6, 6.07) is 5.33. The van der Waals surface area contributed by atoms with Gasteiger partial charge in [0.1, 0.15) is 18.0 Å². The molecule has 4 rings (SSSR count). The molecule has 0 amide bonds. The fraction of sp³-hybridized carbons (Fsp3) is 0.667. The van der Waals surface area contributed by atoms with E-state index < -0.39 is 38.4 Å². The highest BCUT2D eigenvalue weighted by Gasteiger charge is 2.61. The highest BCUT2D eigenvalue weighted by atomic mass is 32.3. The van der Waals surface area contributed by atoms with Crippen molar-refractivity contribution in [1.82, 2.24) is 0 Å². The van der Waals surface area contributed by atoms with Gasteiger partial charge in [0, 0.05) is 5.41 Å². The van der Waals surface area contributed by atoms with Crippen molar-refractivity contribution in [1.29, 1.82) is 0 Å². The summed E-state index contributed by atoms with van der Waals surface area (Å²) in [5.41, 5.74) is 1.48. The zero-order chi connectivity index (χ0) is 21.2. The summed E-state index contributed by atoms with van der Waals surface area (Å²) in [5.74, 6) is 0.412. The van der Waals surface area contributed by atoms with Crippen molar-refractivity contribution in [3.05, 3.63) is 29.3 Å². The van der Waals surface area contributed by atoms with Crippen LogP contribution in [0.15, 0.2) is 18.2 Å². The average molecular weight is 449 g/mol. The predicted molar refractivity (Wildman–Crippen MR) is 101 cm³/mol. The molecule has 0 heterocycles. The van der Waals surface area contributed by atoms with Gasteiger partial charge in [-0.3, -0.25) is 9.11 Å². The molecule has 6 atom stereocenters. The molecule has 3 N–H and O–H groups in total. The van der Waals surface area contributed by atoms with E-state index in [4.69, 9.17) is 12.9 Å². The molecule has 0 saturated heterocycles. The zero-order valence-electron chi connectivity index (χ0n) is 15.8. The number of phenolic OH excluding ortho intramolecular Hbond substituents is 1. The highest BCUT2D eigenvalue weighted by molar-refractivity contribution is 7.81. The molecule has 0 bridgehead atoms. The number of hydrogen-bond donors (Lipinski definition) is 3. The Labute approximate surface area is 169 Å². The molecule has 0 spiro atoms. The first-order chi connectivity index (χ1) is 13.4. The van der Waals surface area contributed by atoms with E-state index in [-0.39, 0.29) is 29.9 Å². The molecule has 3 aliphatic carbocycles. The maximum Gasteiger partial charge on any atom is 0.397 e. The molecule has 2 saturated carbocycles. The fourth-order valence-electron chi connectivity index (χ4n) is 6.06. The lowest BCUT2D eigenvalue weighted by molar-refractivity contribution is -0.0328. The van der Waals surface area contributed by atoms with Crippen molar-refractivity contribution in [3.63, 3.8) is 0 Å². The number of hydrogen-bond acceptors (Lipinski definition) is 7. The van der Waals surface area contributed by atoms with Crippen LogP contribution < -0.4 is 0 Å². The standard InChI is InChI=1S/C18H24O9S2/c1-18-7-6-13-12-5-3-11(19)8-10(12)2-4-14(13)15(18)9-16(26-28(20,21)22)17(18)27-29(23,24)25/h3,5,8,13-17,19H,2,4,6-7,9H2,1H3,(H,20,21,22)(H,23,24,25)/t13-,14-,15+,16-,17+,18+/m1/s1. The van der Waals surface area contributed by atoms with Crippen LogP contribution in [0.25, 0.3) is 0 Å². The van der Waals surface area contributed by atoms with Crippen LogP contribution >= 0.6 is 0 Å². The predicted octanol–water partition coefficient (Wildman–Crippen LogP) is 2.23. The van der Waals surface area contributed by atoms with Gasteiger partial charge in [-0.25, -0.2) is 8.37 Å². The fourth-order valence-corrected chi connectivity index (χ4v) is 7.16. The minimum atomic E-state index is -4.85. The molecule has 1 aromatic rings. The molecule has 29 heavy (non-hydrogen) atoms. The average Bonchev–Trinajstić information content (AvgIpc) is 2.83. The van der Waals surface area contributed by atoms with Crippen LogP contribution in [0, 0.1) is 17.3 Å². The smallest absolute Gasteiger partial charge is 0.397 e. The van der Waals surface area contributed by atoms with E-state index in [9.17, 15) is 26.5 Å². The van der Waals surface area contributed by atoms with Gasteiger partial charge < -0.3 is 5.11 Å². The molecule has 1 aromatic carbocycles. The first-order valence-corrected chi connectivity index (χ1v) is 12.2. The lowest BCUT2D eigenvalue weighted by Gasteiger charge is -2.50. The van der Waals surface area contributed by atoms with E-state index in [2.05, 4.69) is 0 Å². The zero-order valence-corrected chi connectivity index (χ0v) is 17.4. The number of phenols is 1. The lowest BCUT2D eigenvalue weighted by Crippen LogP contribution is -2.47. The molecule has 3 aliphatic rings. The Morgan fingerprint density at radius 3 is 2.41 bits per heavy atom. The maximum absolute atomic E-state index is 11.4. The third-order valence-electron chi connectivity index (χ3n) is 7.09. The number of fused-ring (bicyclic) bond motifs is 5. The van der Waals surface area contributed by atoms with E-state index in [0.29, 0.717) is 6.42 Å². The summed E-state index contributed by atoms with van der Waals surface area (Å²) in [5, 5.41) is 9.77. The van der Waals surface area contributed by atoms with Crippen molar-refractivity contribution in [2.24, 2.45) is 17.3 Å². The number of benzene rings is 1. The number of aryl methyl sites for hydroxylation is 1. The van der Waals surface area contributed by atoms with Gasteiger partial charge in [-0.15, -0.1) is 0 Å². The summed E-state index contributed by atoms with van der Waals surface area (Å²) in [7, 11) is -9.68. The third kappa shape index (κ3) is 3.91. The second kappa shape index (κ2) is 6.89. The first kappa shape index (κ1) is 21.0. The van der Waals surface area contributed by atoms with Gasteiger partial charge >= 0.3 is 20.8 Å². The van der Waals surface area contributed by atoms with Gasteiger partial charge in [0.05, 0.1) is 0 Å². The van der Waals surface area contributed by atoms with Gasteiger partial charge in [0.2, 0.25) is 0 Å². The van der Waals surface area contributed by atoms with Gasteiger partial charge in [-0.2, -0.15) is 16.8 Å². The molecule has 9 nitrogen and oxygen atoms in total. The van der Waals surface area contributed by atoms with Crippen LogP contribution in [0.3, 0.4) is 0 Å². The van der Waals surface area contributed by atoms with E-state index >= 15 is 0 Å². The maximum atomic E-state index is 11.4. The Kier molecular flexibility index (Phi) is 4.99. The number of aromatic hydroxyl groups is 1. The summed E-state index contributed by atoms with van der Waals surface area (Å²) >= 11 is 0. The van der Waals surface area contributed by atoms with E-state index in [1.54, 1.807) is 12.1 Å². The van der Waals surface area contributed by atoms with Crippen molar-refractivity contribution >= 4 is 20.8 Å². The van der Waals surface area contributed by atoms with Gasteiger partial charge in [-0.1, -0.05) is 13.0 Å². The molecule has 0 aliphatic heterocycles. The van der Waals surface area contributed by atoms with Crippen LogP contribution in [0.5, 0.6) is 5.75 Å². The second-order valence-electron chi connectivity index (χ2n) is 8.59. The molecule has 2 fully saturated rings. The Morgan fingerprint density at radius 2 is 1.76 bits per heavy atom. The van der Waals surface area contributed by atoms with Crippen LogP contribution in [0.2, 0.25) is 0 Å². The molecule has 0 unspecified atom stereocenters. The summed E-state index contributed by atoms with van der Waals surface area (Å²) in [6.45, 7) is 1.82. The summed E-state index contributed by atoms with van der Waals surface area (Å²) < 4.78 is 73.6. The molecular weight excluding hydrogens is 424 g/mol.